The maximum atomic E-state index is 12.2. The minimum atomic E-state index is -1.85. The molecule has 14 nitrogen and oxygen atoms in total. The third kappa shape index (κ3) is 4.36. The molecule has 0 saturated heterocycles. The summed E-state index contributed by atoms with van der Waals surface area (Å²) in [4.78, 5) is 59.5. The fourth-order valence-corrected chi connectivity index (χ4v) is 2.68. The van der Waals surface area contributed by atoms with Gasteiger partial charge in [0.1, 0.15) is 16.9 Å². The molecule has 0 fully saturated rings. The van der Waals surface area contributed by atoms with Crippen molar-refractivity contribution in [2.45, 2.75) is 0 Å². The molecule has 0 amide bonds. The van der Waals surface area contributed by atoms with Gasteiger partial charge in [0, 0.05) is 5.56 Å². The van der Waals surface area contributed by atoms with Crippen LogP contribution in [0, 0.1) is 10.1 Å². The molecule has 0 spiro atoms. The van der Waals surface area contributed by atoms with Crippen LogP contribution in [-0.4, -0.2) is 58.9 Å². The molecule has 14 heteroatoms. The number of hydrogen-bond donors (Lipinski definition) is 4. The van der Waals surface area contributed by atoms with E-state index in [0.29, 0.717) is 0 Å². The molecule has 31 heavy (non-hydrogen) atoms. The number of nitrogens with zero attached hydrogens (tertiary/aromatic N) is 1. The fourth-order valence-electron chi connectivity index (χ4n) is 2.68. The lowest BCUT2D eigenvalue weighted by molar-refractivity contribution is -0.384. The van der Waals surface area contributed by atoms with Gasteiger partial charge in [0.05, 0.1) is 30.8 Å². The van der Waals surface area contributed by atoms with E-state index >= 15 is 0 Å². The molecule has 0 atom stereocenters. The number of pyridine rings is 1. The monoisotopic (exact) mass is 437 g/mol. The van der Waals surface area contributed by atoms with Gasteiger partial charge in [-0.05, 0) is 6.07 Å². The Morgan fingerprint density at radius 1 is 1.13 bits per heavy atom. The highest BCUT2D eigenvalue weighted by atomic mass is 16.6. The Morgan fingerprint density at radius 2 is 1.74 bits per heavy atom. The quantitative estimate of drug-likeness (QED) is 0.252. The number of nitrogens with two attached hydrogens (primary N) is 1. The van der Waals surface area contributed by atoms with Crippen LogP contribution in [0.3, 0.4) is 0 Å². The Morgan fingerprint density at radius 3 is 2.23 bits per heavy atom. The first-order valence-corrected chi connectivity index (χ1v) is 8.12. The van der Waals surface area contributed by atoms with Gasteiger partial charge in [-0.25, -0.2) is 14.4 Å². The summed E-state index contributed by atoms with van der Waals surface area (Å²) in [7, 11) is 2.23. The van der Waals surface area contributed by atoms with Crippen LogP contribution in [0.15, 0.2) is 16.9 Å². The SMILES string of the molecule is COC(=O)COc1cc([N+](=O)[O-])c(-c2c(C(=O)O)c(N)[nH]c(=O)c2C(=O)O)cc1OC. The van der Waals surface area contributed by atoms with Crippen LogP contribution < -0.4 is 20.8 Å². The van der Waals surface area contributed by atoms with Crippen molar-refractivity contribution in [3.05, 3.63) is 43.7 Å². The molecule has 0 radical (unpaired) electrons. The summed E-state index contributed by atoms with van der Waals surface area (Å²) in [6, 6.07) is 1.68. The lowest BCUT2D eigenvalue weighted by Gasteiger charge is -2.15. The largest absolute Gasteiger partial charge is 0.493 e. The first-order chi connectivity index (χ1) is 14.5. The van der Waals surface area contributed by atoms with E-state index < -0.39 is 68.8 Å². The summed E-state index contributed by atoms with van der Waals surface area (Å²) >= 11 is 0. The zero-order chi connectivity index (χ0) is 23.5. The van der Waals surface area contributed by atoms with Gasteiger partial charge in [0.15, 0.2) is 18.1 Å². The Labute approximate surface area is 171 Å². The Balaban J connectivity index is 2.95. The van der Waals surface area contributed by atoms with E-state index in [1.807, 2.05) is 4.98 Å². The number of anilines is 1. The second-order valence-corrected chi connectivity index (χ2v) is 5.75. The number of esters is 1. The molecular weight excluding hydrogens is 422 g/mol. The number of ether oxygens (including phenoxy) is 3. The van der Waals surface area contributed by atoms with Gasteiger partial charge in [0.25, 0.3) is 11.2 Å². The van der Waals surface area contributed by atoms with E-state index in [-0.39, 0.29) is 11.5 Å². The van der Waals surface area contributed by atoms with E-state index in [1.54, 1.807) is 0 Å². The van der Waals surface area contributed by atoms with Gasteiger partial charge in [-0.3, -0.25) is 14.9 Å². The normalized spacial score (nSPS) is 10.3. The number of hydrogen-bond acceptors (Lipinski definition) is 10. The fraction of sp³-hybridized carbons (Fsp3) is 0.176. The van der Waals surface area contributed by atoms with Gasteiger partial charge in [-0.1, -0.05) is 0 Å². The van der Waals surface area contributed by atoms with Crippen molar-refractivity contribution in [1.82, 2.24) is 4.98 Å². The molecule has 0 aliphatic heterocycles. The number of carbonyl (C=O) groups is 3. The van der Waals surface area contributed by atoms with E-state index in [1.165, 1.54) is 0 Å². The summed E-state index contributed by atoms with van der Waals surface area (Å²) in [5, 5.41) is 30.7. The second-order valence-electron chi connectivity index (χ2n) is 5.75. The average Bonchev–Trinajstić information content (AvgIpc) is 2.69. The molecule has 0 aliphatic carbocycles. The standard InChI is InChI=1S/C17H15N3O11/c1-29-8-3-6(7(20(27)28)4-9(8)31-5-10(21)30-2)11-12(16(23)24)14(18)19-15(22)13(11)17(25)26/h3-4H,5H2,1-2H3,(H,23,24)(H,25,26)(H3,18,19,22). The number of methoxy groups -OCH3 is 2. The van der Waals surface area contributed by atoms with Crippen molar-refractivity contribution in [2.24, 2.45) is 0 Å². The van der Waals surface area contributed by atoms with E-state index in [9.17, 15) is 39.5 Å². The number of aromatic amines is 1. The smallest absolute Gasteiger partial charge is 0.343 e. The molecule has 1 aromatic carbocycles. The molecule has 1 aromatic heterocycles. The Bertz CT molecular complexity index is 1150. The number of carboxylic acid groups (broad SMARTS) is 2. The van der Waals surface area contributed by atoms with Gasteiger partial charge in [0.2, 0.25) is 0 Å². The predicted molar refractivity (Wildman–Crippen MR) is 102 cm³/mol. The van der Waals surface area contributed by atoms with Crippen LogP contribution in [0.2, 0.25) is 0 Å². The van der Waals surface area contributed by atoms with Crippen LogP contribution in [0.25, 0.3) is 11.1 Å². The van der Waals surface area contributed by atoms with Gasteiger partial charge < -0.3 is 35.1 Å². The summed E-state index contributed by atoms with van der Waals surface area (Å²) in [6.45, 7) is -0.637. The highest BCUT2D eigenvalue weighted by molar-refractivity contribution is 6.08. The van der Waals surface area contributed by atoms with E-state index in [4.69, 9.17) is 15.2 Å². The van der Waals surface area contributed by atoms with Gasteiger partial charge >= 0.3 is 17.9 Å². The van der Waals surface area contributed by atoms with Crippen molar-refractivity contribution in [2.75, 3.05) is 26.6 Å². The van der Waals surface area contributed by atoms with Crippen LogP contribution in [0.4, 0.5) is 11.5 Å². The maximum absolute atomic E-state index is 12.2. The number of nitro benzene ring substituents is 1. The van der Waals surface area contributed by atoms with Crippen molar-refractivity contribution < 1.29 is 43.7 Å². The number of H-pyrrole nitrogens is 1. The number of nitrogens with one attached hydrogen (secondary N) is 1. The third-order valence-electron chi connectivity index (χ3n) is 3.99. The van der Waals surface area contributed by atoms with Crippen LogP contribution >= 0.6 is 0 Å². The van der Waals surface area contributed by atoms with E-state index in [0.717, 1.165) is 26.4 Å². The minimum absolute atomic E-state index is 0.226. The maximum Gasteiger partial charge on any atom is 0.343 e. The lowest BCUT2D eigenvalue weighted by atomic mass is 9.93. The number of rotatable bonds is 8. The zero-order valence-corrected chi connectivity index (χ0v) is 16.0. The Hall–Kier alpha value is -4.62. The molecule has 5 N–H and O–H groups in total. The van der Waals surface area contributed by atoms with Crippen molar-refractivity contribution in [3.63, 3.8) is 0 Å². The number of carbonyl (C=O) groups excluding carboxylic acids is 1. The second kappa shape index (κ2) is 8.81. The number of carboxylic acids is 2. The van der Waals surface area contributed by atoms with Crippen molar-refractivity contribution in [3.8, 4) is 22.6 Å². The average molecular weight is 437 g/mol. The highest BCUT2D eigenvalue weighted by Crippen LogP contribution is 2.42. The lowest BCUT2D eigenvalue weighted by Crippen LogP contribution is -2.24. The number of nitro groups is 1. The molecule has 2 aromatic rings. The number of nitrogen functional groups attached to an aromatic ring is 1. The topological polar surface area (TPSA) is 221 Å². The zero-order valence-electron chi connectivity index (χ0n) is 16.0. The van der Waals surface area contributed by atoms with E-state index in [2.05, 4.69) is 4.74 Å². The van der Waals surface area contributed by atoms with Gasteiger partial charge in [-0.2, -0.15) is 0 Å². The summed E-state index contributed by atoms with van der Waals surface area (Å²) < 4.78 is 14.6. The van der Waals surface area contributed by atoms with Crippen molar-refractivity contribution in [1.29, 1.82) is 0 Å². The number of aromatic nitrogens is 1. The van der Waals surface area contributed by atoms with Crippen LogP contribution in [-0.2, 0) is 9.53 Å². The molecule has 1 heterocycles. The number of benzene rings is 1. The van der Waals surface area contributed by atoms with Crippen LogP contribution in [0.1, 0.15) is 20.7 Å². The van der Waals surface area contributed by atoms with Crippen molar-refractivity contribution >= 4 is 29.4 Å². The van der Waals surface area contributed by atoms with Gasteiger partial charge in [-0.15, -0.1) is 0 Å². The molecular formula is C17H15N3O11. The predicted octanol–water partition coefficient (Wildman–Crippen LogP) is 0.489. The molecule has 0 aliphatic rings. The summed E-state index contributed by atoms with van der Waals surface area (Å²) in [6.07, 6.45) is 0. The summed E-state index contributed by atoms with van der Waals surface area (Å²) in [5.74, 6) is -5.64. The first-order valence-electron chi connectivity index (χ1n) is 8.12. The molecule has 0 bridgehead atoms. The summed E-state index contributed by atoms with van der Waals surface area (Å²) in [5.41, 5.74) is 0.0978. The third-order valence-corrected chi connectivity index (χ3v) is 3.99. The number of aromatic carboxylic acids is 2. The Kier molecular flexibility index (Phi) is 6.44. The first kappa shape index (κ1) is 22.7. The molecule has 0 unspecified atom stereocenters. The minimum Gasteiger partial charge on any atom is -0.493 e. The molecule has 164 valence electrons. The van der Waals surface area contributed by atoms with Crippen LogP contribution in [0.5, 0.6) is 11.5 Å². The molecule has 0 saturated carbocycles. The molecule has 2 rings (SSSR count). The highest BCUT2D eigenvalue weighted by Gasteiger charge is 2.32.